The Morgan fingerprint density at radius 2 is 1.74 bits per heavy atom. The smallest absolute Gasteiger partial charge is 0.224 e. The normalized spacial score (nSPS) is 16.0. The number of carbonyl (C=O) groups excluding carboxylic acids is 2. The minimum atomic E-state index is -0.183. The van der Waals surface area contributed by atoms with Crippen molar-refractivity contribution in [3.8, 4) is 5.75 Å². The third-order valence-electron chi connectivity index (χ3n) is 4.60. The summed E-state index contributed by atoms with van der Waals surface area (Å²) >= 11 is 0. The lowest BCUT2D eigenvalue weighted by atomic mass is 9.78. The molecule has 1 aliphatic rings. The molecule has 5 heteroatoms. The van der Waals surface area contributed by atoms with Crippen LogP contribution in [0, 0.1) is 5.41 Å². The van der Waals surface area contributed by atoms with Gasteiger partial charge in [0.05, 0.1) is 7.11 Å². The molecular weight excluding hydrogens is 292 g/mol. The molecule has 0 aromatic heterocycles. The summed E-state index contributed by atoms with van der Waals surface area (Å²) in [6, 6.07) is 7.28. The van der Waals surface area contributed by atoms with Crippen LogP contribution in [0.3, 0.4) is 0 Å². The summed E-state index contributed by atoms with van der Waals surface area (Å²) in [5.74, 6) is 0.833. The zero-order valence-corrected chi connectivity index (χ0v) is 14.2. The molecule has 0 unspecified atom stereocenters. The van der Waals surface area contributed by atoms with E-state index in [1.165, 1.54) is 0 Å². The molecule has 0 radical (unpaired) electrons. The number of nitrogens with zero attached hydrogens (tertiary/aromatic N) is 1. The van der Waals surface area contributed by atoms with E-state index in [0.717, 1.165) is 37.1 Å². The fraction of sp³-hybridized carbons (Fsp3) is 0.556. The van der Waals surface area contributed by atoms with Crippen LogP contribution >= 0.6 is 0 Å². The van der Waals surface area contributed by atoms with Crippen molar-refractivity contribution in [1.29, 1.82) is 0 Å². The number of hydrogen-bond donors (Lipinski definition) is 1. The summed E-state index contributed by atoms with van der Waals surface area (Å²) in [6.45, 7) is 0. The van der Waals surface area contributed by atoms with Gasteiger partial charge in [-0.15, -0.1) is 0 Å². The third kappa shape index (κ3) is 4.71. The average Bonchev–Trinajstić information content (AvgIpc) is 2.95. The Balaban J connectivity index is 1.98. The maximum Gasteiger partial charge on any atom is 0.224 e. The lowest BCUT2D eigenvalue weighted by Crippen LogP contribution is -2.32. The molecule has 2 rings (SSSR count). The zero-order chi connectivity index (χ0) is 16.9. The van der Waals surface area contributed by atoms with Gasteiger partial charge in [-0.3, -0.25) is 9.59 Å². The molecule has 1 aromatic carbocycles. The second-order valence-corrected chi connectivity index (χ2v) is 6.63. The molecule has 5 nitrogen and oxygen atoms in total. The number of ether oxygens (including phenoxy) is 1. The van der Waals surface area contributed by atoms with Gasteiger partial charge < -0.3 is 15.0 Å². The zero-order valence-electron chi connectivity index (χ0n) is 14.2. The van der Waals surface area contributed by atoms with E-state index in [2.05, 4.69) is 5.32 Å². The first kappa shape index (κ1) is 17.3. The Morgan fingerprint density at radius 3 is 2.26 bits per heavy atom. The highest BCUT2D eigenvalue weighted by Crippen LogP contribution is 2.44. The molecule has 1 N–H and O–H groups in total. The van der Waals surface area contributed by atoms with E-state index in [1.807, 2.05) is 24.3 Å². The van der Waals surface area contributed by atoms with Gasteiger partial charge in [0.15, 0.2) is 0 Å². The van der Waals surface area contributed by atoms with Gasteiger partial charge in [0.1, 0.15) is 5.75 Å². The summed E-state index contributed by atoms with van der Waals surface area (Å²) in [5, 5.41) is 2.93. The molecular formula is C18H26N2O3. The van der Waals surface area contributed by atoms with E-state index in [4.69, 9.17) is 4.74 Å². The van der Waals surface area contributed by atoms with Crippen molar-refractivity contribution in [3.63, 3.8) is 0 Å². The number of amides is 2. The lowest BCUT2D eigenvalue weighted by molar-refractivity contribution is -0.131. The lowest BCUT2D eigenvalue weighted by Gasteiger charge is -2.29. The number of nitrogens with one attached hydrogen (secondary N) is 1. The third-order valence-corrected chi connectivity index (χ3v) is 4.60. The first-order chi connectivity index (χ1) is 10.9. The molecule has 0 bridgehead atoms. The van der Waals surface area contributed by atoms with E-state index in [0.29, 0.717) is 12.8 Å². The van der Waals surface area contributed by atoms with Gasteiger partial charge >= 0.3 is 0 Å². The first-order valence-corrected chi connectivity index (χ1v) is 8.08. The first-order valence-electron chi connectivity index (χ1n) is 8.08. The van der Waals surface area contributed by atoms with E-state index in [-0.39, 0.29) is 17.2 Å². The van der Waals surface area contributed by atoms with E-state index >= 15 is 0 Å². The average molecular weight is 318 g/mol. The van der Waals surface area contributed by atoms with E-state index in [9.17, 15) is 9.59 Å². The van der Waals surface area contributed by atoms with Crippen molar-refractivity contribution < 1.29 is 14.3 Å². The Morgan fingerprint density at radius 1 is 1.13 bits per heavy atom. The van der Waals surface area contributed by atoms with Crippen LogP contribution in [-0.4, -0.2) is 37.9 Å². The van der Waals surface area contributed by atoms with Crippen LogP contribution in [0.1, 0.15) is 38.5 Å². The standard InChI is InChI=1S/C18H26N2O3/c1-20(2)17(22)13-18(10-4-5-11-18)12-16(21)19-14-6-8-15(23-3)9-7-14/h6-9H,4-5,10-13H2,1-3H3,(H,19,21). The van der Waals surface area contributed by atoms with Crippen LogP contribution in [-0.2, 0) is 9.59 Å². The summed E-state index contributed by atoms with van der Waals surface area (Å²) in [4.78, 5) is 26.1. The molecule has 1 aromatic rings. The fourth-order valence-electron chi connectivity index (χ4n) is 3.24. The van der Waals surface area contributed by atoms with Crippen molar-refractivity contribution in [2.45, 2.75) is 38.5 Å². The predicted octanol–water partition coefficient (Wildman–Crippen LogP) is 3.06. The number of carbonyl (C=O) groups is 2. The molecule has 23 heavy (non-hydrogen) atoms. The van der Waals surface area contributed by atoms with Crippen LogP contribution in [0.4, 0.5) is 5.69 Å². The minimum Gasteiger partial charge on any atom is -0.497 e. The Bertz CT molecular complexity index is 546. The number of anilines is 1. The largest absolute Gasteiger partial charge is 0.497 e. The van der Waals surface area contributed by atoms with Gasteiger partial charge in [-0.25, -0.2) is 0 Å². The highest BCUT2D eigenvalue weighted by Gasteiger charge is 2.38. The van der Waals surface area contributed by atoms with Crippen LogP contribution in [0.5, 0.6) is 5.75 Å². The van der Waals surface area contributed by atoms with Gasteiger partial charge in [-0.2, -0.15) is 0 Å². The van der Waals surface area contributed by atoms with Gasteiger partial charge in [0, 0.05) is 32.6 Å². The number of methoxy groups -OCH3 is 1. The molecule has 0 atom stereocenters. The van der Waals surface area contributed by atoms with Crippen LogP contribution < -0.4 is 10.1 Å². The highest BCUT2D eigenvalue weighted by molar-refractivity contribution is 5.91. The topological polar surface area (TPSA) is 58.6 Å². The molecule has 0 heterocycles. The summed E-state index contributed by atoms with van der Waals surface area (Å²) in [5.41, 5.74) is 0.570. The maximum atomic E-state index is 12.4. The predicted molar refractivity (Wildman–Crippen MR) is 90.5 cm³/mol. The molecule has 1 fully saturated rings. The molecule has 0 aliphatic heterocycles. The van der Waals surface area contributed by atoms with Crippen LogP contribution in [0.15, 0.2) is 24.3 Å². The van der Waals surface area contributed by atoms with E-state index < -0.39 is 0 Å². The van der Waals surface area contributed by atoms with Crippen molar-refractivity contribution in [1.82, 2.24) is 4.90 Å². The summed E-state index contributed by atoms with van der Waals surface area (Å²) in [7, 11) is 5.14. The minimum absolute atomic E-state index is 0.0244. The van der Waals surface area contributed by atoms with Crippen molar-refractivity contribution in [2.24, 2.45) is 5.41 Å². The second-order valence-electron chi connectivity index (χ2n) is 6.63. The number of hydrogen-bond acceptors (Lipinski definition) is 3. The monoisotopic (exact) mass is 318 g/mol. The van der Waals surface area contributed by atoms with Gasteiger partial charge in [0.25, 0.3) is 0 Å². The summed E-state index contributed by atoms with van der Waals surface area (Å²) in [6.07, 6.45) is 4.94. The molecule has 2 amide bonds. The van der Waals surface area contributed by atoms with Crippen LogP contribution in [0.25, 0.3) is 0 Å². The fourth-order valence-corrected chi connectivity index (χ4v) is 3.24. The molecule has 0 saturated heterocycles. The Kier molecular flexibility index (Phi) is 5.64. The maximum absolute atomic E-state index is 12.4. The van der Waals surface area contributed by atoms with E-state index in [1.54, 1.807) is 26.1 Å². The Hall–Kier alpha value is -2.04. The number of rotatable bonds is 6. The highest BCUT2D eigenvalue weighted by atomic mass is 16.5. The Labute approximate surface area is 138 Å². The SMILES string of the molecule is COc1ccc(NC(=O)CC2(CC(=O)N(C)C)CCCC2)cc1. The van der Waals surface area contributed by atoms with Crippen LogP contribution in [0.2, 0.25) is 0 Å². The van der Waals surface area contributed by atoms with Crippen molar-refractivity contribution in [2.75, 3.05) is 26.5 Å². The molecule has 126 valence electrons. The van der Waals surface area contributed by atoms with Gasteiger partial charge in [0.2, 0.25) is 11.8 Å². The molecule has 1 saturated carbocycles. The van der Waals surface area contributed by atoms with Gasteiger partial charge in [-0.1, -0.05) is 12.8 Å². The molecule has 1 aliphatic carbocycles. The number of benzene rings is 1. The van der Waals surface area contributed by atoms with Gasteiger partial charge in [-0.05, 0) is 42.5 Å². The summed E-state index contributed by atoms with van der Waals surface area (Å²) < 4.78 is 5.11. The molecule has 0 spiro atoms. The van der Waals surface area contributed by atoms with Crippen molar-refractivity contribution in [3.05, 3.63) is 24.3 Å². The quantitative estimate of drug-likeness (QED) is 0.877. The van der Waals surface area contributed by atoms with Crippen molar-refractivity contribution >= 4 is 17.5 Å². The second kappa shape index (κ2) is 7.49.